The van der Waals surface area contributed by atoms with E-state index in [0.717, 1.165) is 12.8 Å². The van der Waals surface area contributed by atoms with E-state index in [1.165, 1.54) is 12.2 Å². The topological polar surface area (TPSA) is 52.6 Å². The van der Waals surface area contributed by atoms with Crippen LogP contribution in [-0.2, 0) is 19.1 Å². The predicted octanol–water partition coefficient (Wildman–Crippen LogP) is 1.84. The van der Waals surface area contributed by atoms with Crippen LogP contribution >= 0.6 is 0 Å². The van der Waals surface area contributed by atoms with Crippen molar-refractivity contribution in [3.63, 3.8) is 0 Å². The van der Waals surface area contributed by atoms with Crippen LogP contribution in [0.5, 0.6) is 0 Å². The smallest absolute Gasteiger partial charge is 0.330 e. The van der Waals surface area contributed by atoms with Crippen LogP contribution in [0.2, 0.25) is 0 Å². The van der Waals surface area contributed by atoms with E-state index >= 15 is 0 Å². The summed E-state index contributed by atoms with van der Waals surface area (Å²) in [5.41, 5.74) is 0. The molecule has 0 aliphatic rings. The van der Waals surface area contributed by atoms with Crippen LogP contribution in [-0.4, -0.2) is 25.2 Å². The highest BCUT2D eigenvalue weighted by atomic mass is 16.5. The fourth-order valence-corrected chi connectivity index (χ4v) is 0.777. The zero-order chi connectivity index (χ0) is 11.5. The van der Waals surface area contributed by atoms with Crippen molar-refractivity contribution in [1.82, 2.24) is 0 Å². The first-order valence-electron chi connectivity index (χ1n) is 5.19. The molecule has 0 unspecified atom stereocenters. The Kier molecular flexibility index (Phi) is 8.43. The Morgan fingerprint density at radius 2 is 1.67 bits per heavy atom. The van der Waals surface area contributed by atoms with Gasteiger partial charge in [-0.3, -0.25) is 4.79 Å². The second-order valence-corrected chi connectivity index (χ2v) is 2.99. The molecule has 0 aliphatic heterocycles. The standard InChI is InChI=1S/C11H18O4/c1-3-8-14-10(12)6-5-7-11(13)15-9-4-2/h5-6H,3-4,7-9H2,1-2H3. The number of hydrogen-bond donors (Lipinski definition) is 0. The van der Waals surface area contributed by atoms with E-state index in [2.05, 4.69) is 0 Å². The summed E-state index contributed by atoms with van der Waals surface area (Å²) in [4.78, 5) is 21.9. The molecule has 4 nitrogen and oxygen atoms in total. The number of ether oxygens (including phenoxy) is 2. The Labute approximate surface area is 90.2 Å². The molecule has 0 aromatic heterocycles. The molecule has 0 spiro atoms. The van der Waals surface area contributed by atoms with Gasteiger partial charge in [0.05, 0.1) is 19.6 Å². The van der Waals surface area contributed by atoms with E-state index in [1.54, 1.807) is 0 Å². The van der Waals surface area contributed by atoms with Crippen LogP contribution in [0.25, 0.3) is 0 Å². The highest BCUT2D eigenvalue weighted by Crippen LogP contribution is 1.92. The van der Waals surface area contributed by atoms with E-state index in [0.29, 0.717) is 13.2 Å². The minimum Gasteiger partial charge on any atom is -0.465 e. The maximum atomic E-state index is 11.0. The molecule has 0 aromatic rings. The average molecular weight is 214 g/mol. The van der Waals surface area contributed by atoms with Gasteiger partial charge in [0.15, 0.2) is 0 Å². The van der Waals surface area contributed by atoms with Gasteiger partial charge in [-0.1, -0.05) is 19.9 Å². The zero-order valence-corrected chi connectivity index (χ0v) is 9.32. The Hall–Kier alpha value is -1.32. The third-order valence-corrected chi connectivity index (χ3v) is 1.45. The molecule has 0 aromatic carbocycles. The van der Waals surface area contributed by atoms with Gasteiger partial charge in [0.1, 0.15) is 0 Å². The van der Waals surface area contributed by atoms with Crippen molar-refractivity contribution < 1.29 is 19.1 Å². The van der Waals surface area contributed by atoms with Crippen LogP contribution in [0.4, 0.5) is 0 Å². The molecule has 0 saturated heterocycles. The lowest BCUT2D eigenvalue weighted by atomic mass is 10.4. The molecule has 0 heterocycles. The summed E-state index contributed by atoms with van der Waals surface area (Å²) >= 11 is 0. The van der Waals surface area contributed by atoms with Crippen molar-refractivity contribution in [2.75, 3.05) is 13.2 Å². The summed E-state index contributed by atoms with van der Waals surface area (Å²) in [5.74, 6) is -0.739. The monoisotopic (exact) mass is 214 g/mol. The lowest BCUT2D eigenvalue weighted by Gasteiger charge is -1.99. The molecular formula is C11H18O4. The van der Waals surface area contributed by atoms with Crippen molar-refractivity contribution in [2.45, 2.75) is 33.1 Å². The second-order valence-electron chi connectivity index (χ2n) is 2.99. The predicted molar refractivity (Wildman–Crippen MR) is 56.3 cm³/mol. The summed E-state index contributed by atoms with van der Waals surface area (Å²) in [6.07, 6.45) is 4.41. The summed E-state index contributed by atoms with van der Waals surface area (Å²) < 4.78 is 9.59. The second kappa shape index (κ2) is 9.24. The van der Waals surface area contributed by atoms with Gasteiger partial charge in [-0.05, 0) is 12.8 Å². The molecule has 0 N–H and O–H groups in total. The van der Waals surface area contributed by atoms with Gasteiger partial charge in [-0.25, -0.2) is 4.79 Å². The molecule has 0 saturated carbocycles. The first-order valence-corrected chi connectivity index (χ1v) is 5.19. The molecule has 4 heteroatoms. The van der Waals surface area contributed by atoms with Gasteiger partial charge < -0.3 is 9.47 Å². The number of carbonyl (C=O) groups excluding carboxylic acids is 2. The molecule has 0 radical (unpaired) electrons. The summed E-state index contributed by atoms with van der Waals surface area (Å²) in [6.45, 7) is 4.67. The van der Waals surface area contributed by atoms with Crippen LogP contribution in [0.15, 0.2) is 12.2 Å². The van der Waals surface area contributed by atoms with Gasteiger partial charge in [0, 0.05) is 6.08 Å². The van der Waals surface area contributed by atoms with E-state index in [9.17, 15) is 9.59 Å². The van der Waals surface area contributed by atoms with Crippen molar-refractivity contribution >= 4 is 11.9 Å². The van der Waals surface area contributed by atoms with E-state index < -0.39 is 5.97 Å². The number of rotatable bonds is 7. The SMILES string of the molecule is CCCOC(=O)C=CCC(=O)OCCC. The quantitative estimate of drug-likeness (QED) is 0.479. The number of esters is 2. The molecule has 86 valence electrons. The molecule has 0 aliphatic carbocycles. The van der Waals surface area contributed by atoms with Crippen LogP contribution < -0.4 is 0 Å². The largest absolute Gasteiger partial charge is 0.465 e. The lowest BCUT2D eigenvalue weighted by molar-refractivity contribution is -0.142. The summed E-state index contributed by atoms with van der Waals surface area (Å²) in [5, 5.41) is 0. The van der Waals surface area contributed by atoms with Crippen molar-refractivity contribution in [1.29, 1.82) is 0 Å². The van der Waals surface area contributed by atoms with E-state index in [1.807, 2.05) is 13.8 Å². The maximum Gasteiger partial charge on any atom is 0.330 e. The van der Waals surface area contributed by atoms with E-state index in [4.69, 9.17) is 9.47 Å². The zero-order valence-electron chi connectivity index (χ0n) is 9.32. The highest BCUT2D eigenvalue weighted by Gasteiger charge is 1.99. The Morgan fingerprint density at radius 1 is 1.07 bits per heavy atom. The number of hydrogen-bond acceptors (Lipinski definition) is 4. The lowest BCUT2D eigenvalue weighted by Crippen LogP contribution is -2.04. The molecular weight excluding hydrogens is 196 g/mol. The Balaban J connectivity index is 3.59. The minimum absolute atomic E-state index is 0.112. The summed E-state index contributed by atoms with van der Waals surface area (Å²) in [6, 6.07) is 0. The maximum absolute atomic E-state index is 11.0. The van der Waals surface area contributed by atoms with Gasteiger partial charge in [0.25, 0.3) is 0 Å². The molecule has 0 amide bonds. The van der Waals surface area contributed by atoms with Crippen LogP contribution in [0.3, 0.4) is 0 Å². The normalized spacial score (nSPS) is 10.3. The molecule has 0 fully saturated rings. The minimum atomic E-state index is -0.417. The van der Waals surface area contributed by atoms with Gasteiger partial charge >= 0.3 is 11.9 Å². The fourth-order valence-electron chi connectivity index (χ4n) is 0.777. The molecule has 0 rings (SSSR count). The Morgan fingerprint density at radius 3 is 2.27 bits per heavy atom. The number of carbonyl (C=O) groups is 2. The molecule has 15 heavy (non-hydrogen) atoms. The highest BCUT2D eigenvalue weighted by molar-refractivity contribution is 5.83. The average Bonchev–Trinajstić information content (AvgIpc) is 2.23. The molecule has 0 bridgehead atoms. The van der Waals surface area contributed by atoms with Crippen LogP contribution in [0, 0.1) is 0 Å². The first-order chi connectivity index (χ1) is 7.20. The van der Waals surface area contributed by atoms with Crippen LogP contribution in [0.1, 0.15) is 33.1 Å². The van der Waals surface area contributed by atoms with Gasteiger partial charge in [-0.2, -0.15) is 0 Å². The van der Waals surface area contributed by atoms with Gasteiger partial charge in [0.2, 0.25) is 0 Å². The van der Waals surface area contributed by atoms with Crippen molar-refractivity contribution in [3.8, 4) is 0 Å². The van der Waals surface area contributed by atoms with E-state index in [-0.39, 0.29) is 12.4 Å². The van der Waals surface area contributed by atoms with Crippen molar-refractivity contribution in [3.05, 3.63) is 12.2 Å². The fraction of sp³-hybridized carbons (Fsp3) is 0.636. The third kappa shape index (κ3) is 9.00. The molecule has 0 atom stereocenters. The summed E-state index contributed by atoms with van der Waals surface area (Å²) in [7, 11) is 0. The Bertz CT molecular complexity index is 221. The van der Waals surface area contributed by atoms with Crippen molar-refractivity contribution in [2.24, 2.45) is 0 Å². The first kappa shape index (κ1) is 13.7. The van der Waals surface area contributed by atoms with Gasteiger partial charge in [-0.15, -0.1) is 0 Å². The third-order valence-electron chi connectivity index (χ3n) is 1.45.